The molecule has 1 atom stereocenters. The van der Waals surface area contributed by atoms with Gasteiger partial charge in [0, 0.05) is 15.2 Å². The molecular formula is C35H20BrN. The lowest BCUT2D eigenvalue weighted by Gasteiger charge is -2.39. The molecular weight excluding hydrogens is 514 g/mol. The van der Waals surface area contributed by atoms with Gasteiger partial charge in [0.25, 0.3) is 0 Å². The Labute approximate surface area is 222 Å². The number of aromatic nitrogens is 1. The van der Waals surface area contributed by atoms with Crippen molar-refractivity contribution in [2.45, 2.75) is 5.41 Å². The van der Waals surface area contributed by atoms with Gasteiger partial charge in [0.15, 0.2) is 0 Å². The van der Waals surface area contributed by atoms with Crippen LogP contribution in [-0.4, -0.2) is 4.57 Å². The number of hydrogen-bond acceptors (Lipinski definition) is 0. The van der Waals surface area contributed by atoms with Crippen LogP contribution in [-0.2, 0) is 5.41 Å². The molecule has 2 heteroatoms. The van der Waals surface area contributed by atoms with Crippen molar-refractivity contribution in [2.24, 2.45) is 0 Å². The monoisotopic (exact) mass is 533 g/mol. The van der Waals surface area contributed by atoms with E-state index in [9.17, 15) is 0 Å². The first-order chi connectivity index (χ1) is 18.3. The third-order valence-electron chi connectivity index (χ3n) is 8.64. The smallest absolute Gasteiger partial charge is 0.0754 e. The van der Waals surface area contributed by atoms with Crippen LogP contribution in [0.5, 0.6) is 0 Å². The second-order valence-corrected chi connectivity index (χ2v) is 11.1. The van der Waals surface area contributed by atoms with E-state index in [-0.39, 0.29) is 5.41 Å². The zero-order valence-electron chi connectivity index (χ0n) is 19.9. The van der Waals surface area contributed by atoms with Gasteiger partial charge in [0.2, 0.25) is 0 Å². The van der Waals surface area contributed by atoms with Crippen molar-refractivity contribution in [2.75, 3.05) is 0 Å². The highest BCUT2D eigenvalue weighted by atomic mass is 79.9. The Balaban J connectivity index is 1.59. The van der Waals surface area contributed by atoms with Crippen molar-refractivity contribution in [3.8, 4) is 16.8 Å². The summed E-state index contributed by atoms with van der Waals surface area (Å²) in [6.07, 6.45) is 0. The van der Waals surface area contributed by atoms with Gasteiger partial charge in [-0.25, -0.2) is 0 Å². The maximum absolute atomic E-state index is 3.82. The second kappa shape index (κ2) is 6.79. The molecule has 2 aliphatic rings. The van der Waals surface area contributed by atoms with Crippen LogP contribution in [0.3, 0.4) is 0 Å². The molecule has 7 aromatic rings. The lowest BCUT2D eigenvalue weighted by molar-refractivity contribution is 0.748. The maximum Gasteiger partial charge on any atom is 0.0754 e. The van der Waals surface area contributed by atoms with E-state index >= 15 is 0 Å². The van der Waals surface area contributed by atoms with Gasteiger partial charge in [-0.3, -0.25) is 0 Å². The zero-order valence-corrected chi connectivity index (χ0v) is 21.5. The van der Waals surface area contributed by atoms with E-state index in [1.807, 2.05) is 0 Å². The van der Waals surface area contributed by atoms with Gasteiger partial charge in [-0.1, -0.05) is 113 Å². The summed E-state index contributed by atoms with van der Waals surface area (Å²) in [4.78, 5) is 0. The summed E-state index contributed by atoms with van der Waals surface area (Å²) in [5.41, 5.74) is 11.5. The molecule has 1 aromatic heterocycles. The zero-order chi connectivity index (χ0) is 24.3. The summed E-state index contributed by atoms with van der Waals surface area (Å²) in [5.74, 6) is 0. The molecule has 0 saturated carbocycles. The van der Waals surface area contributed by atoms with Crippen LogP contribution >= 0.6 is 15.9 Å². The van der Waals surface area contributed by atoms with Crippen LogP contribution in [0, 0.1) is 0 Å². The van der Waals surface area contributed by atoms with Gasteiger partial charge in [0.05, 0.1) is 22.1 Å². The fourth-order valence-corrected chi connectivity index (χ4v) is 7.71. The molecule has 1 aliphatic carbocycles. The van der Waals surface area contributed by atoms with E-state index in [1.165, 1.54) is 71.6 Å². The molecule has 9 rings (SSSR count). The van der Waals surface area contributed by atoms with Crippen LogP contribution in [0.15, 0.2) is 126 Å². The van der Waals surface area contributed by atoms with Gasteiger partial charge in [0.1, 0.15) is 0 Å². The first kappa shape index (κ1) is 20.0. The minimum absolute atomic E-state index is 0.383. The lowest BCUT2D eigenvalue weighted by Crippen LogP contribution is -2.33. The van der Waals surface area contributed by atoms with E-state index in [0.29, 0.717) is 0 Å². The fourth-order valence-electron chi connectivity index (χ4n) is 7.35. The Morgan fingerprint density at radius 1 is 0.541 bits per heavy atom. The standard InChI is InChI=1S/C35H20BrN/c36-22-17-18-25-24-10-3-4-12-27(24)35(30(25)20-22)28-13-5-6-15-31(28)37-32-19-16-21-8-1-2-9-23(21)33(32)26-11-7-14-29(35)34(26)37/h1-20H. The first-order valence-electron chi connectivity index (χ1n) is 12.7. The third-order valence-corrected chi connectivity index (χ3v) is 9.13. The lowest BCUT2D eigenvalue weighted by atomic mass is 9.65. The highest BCUT2D eigenvalue weighted by Gasteiger charge is 2.50. The average molecular weight is 534 g/mol. The van der Waals surface area contributed by atoms with Crippen molar-refractivity contribution >= 4 is 48.5 Å². The predicted octanol–water partition coefficient (Wildman–Crippen LogP) is 9.38. The Kier molecular flexibility index (Phi) is 3.66. The number of nitrogens with zero attached hydrogens (tertiary/aromatic N) is 1. The number of rotatable bonds is 0. The van der Waals surface area contributed by atoms with Crippen molar-refractivity contribution in [3.63, 3.8) is 0 Å². The van der Waals surface area contributed by atoms with Crippen LogP contribution in [0.2, 0.25) is 0 Å². The molecule has 0 fully saturated rings. The summed E-state index contributed by atoms with van der Waals surface area (Å²) < 4.78 is 3.63. The number of hydrogen-bond donors (Lipinski definition) is 0. The molecule has 37 heavy (non-hydrogen) atoms. The first-order valence-corrected chi connectivity index (χ1v) is 13.5. The molecule has 1 aliphatic heterocycles. The minimum atomic E-state index is -0.383. The quantitative estimate of drug-likeness (QED) is 0.183. The number of benzene rings is 6. The predicted molar refractivity (Wildman–Crippen MR) is 157 cm³/mol. The maximum atomic E-state index is 3.82. The molecule has 0 radical (unpaired) electrons. The summed E-state index contributed by atoms with van der Waals surface area (Å²) in [6.45, 7) is 0. The number of para-hydroxylation sites is 2. The molecule has 6 aromatic carbocycles. The molecule has 0 saturated heterocycles. The molecule has 2 heterocycles. The normalized spacial score (nSPS) is 16.9. The molecule has 0 bridgehead atoms. The highest BCUT2D eigenvalue weighted by Crippen LogP contribution is 2.61. The van der Waals surface area contributed by atoms with E-state index in [4.69, 9.17) is 0 Å². The van der Waals surface area contributed by atoms with Crippen molar-refractivity contribution in [1.29, 1.82) is 0 Å². The molecule has 1 spiro atoms. The molecule has 0 N–H and O–H groups in total. The van der Waals surface area contributed by atoms with E-state index < -0.39 is 0 Å². The number of halogens is 1. The van der Waals surface area contributed by atoms with Crippen molar-refractivity contribution in [3.05, 3.63) is 148 Å². The van der Waals surface area contributed by atoms with Gasteiger partial charge in [-0.15, -0.1) is 0 Å². The molecule has 172 valence electrons. The van der Waals surface area contributed by atoms with Crippen LogP contribution in [0.25, 0.3) is 49.4 Å². The van der Waals surface area contributed by atoms with E-state index in [0.717, 1.165) is 4.47 Å². The summed E-state index contributed by atoms with van der Waals surface area (Å²) in [7, 11) is 0. The Morgan fingerprint density at radius 2 is 1.27 bits per heavy atom. The van der Waals surface area contributed by atoms with Crippen LogP contribution in [0.4, 0.5) is 0 Å². The van der Waals surface area contributed by atoms with Crippen molar-refractivity contribution < 1.29 is 0 Å². The van der Waals surface area contributed by atoms with Gasteiger partial charge < -0.3 is 4.57 Å². The second-order valence-electron chi connectivity index (χ2n) is 10.2. The highest BCUT2D eigenvalue weighted by molar-refractivity contribution is 9.10. The third kappa shape index (κ3) is 2.23. The Morgan fingerprint density at radius 3 is 2.22 bits per heavy atom. The largest absolute Gasteiger partial charge is 0.309 e. The van der Waals surface area contributed by atoms with Gasteiger partial charge in [-0.05, 0) is 68.4 Å². The van der Waals surface area contributed by atoms with Crippen LogP contribution in [0.1, 0.15) is 22.3 Å². The minimum Gasteiger partial charge on any atom is -0.309 e. The van der Waals surface area contributed by atoms with Crippen molar-refractivity contribution in [1.82, 2.24) is 4.57 Å². The summed E-state index contributed by atoms with van der Waals surface area (Å²) in [5, 5.41) is 5.24. The summed E-state index contributed by atoms with van der Waals surface area (Å²) >= 11 is 3.82. The molecule has 1 nitrogen and oxygen atoms in total. The Bertz CT molecular complexity index is 2110. The fraction of sp³-hybridized carbons (Fsp3) is 0.0286. The molecule has 0 amide bonds. The average Bonchev–Trinajstić information content (AvgIpc) is 3.44. The van der Waals surface area contributed by atoms with E-state index in [1.54, 1.807) is 0 Å². The molecule has 1 unspecified atom stereocenters. The topological polar surface area (TPSA) is 4.93 Å². The van der Waals surface area contributed by atoms with Gasteiger partial charge >= 0.3 is 0 Å². The van der Waals surface area contributed by atoms with Gasteiger partial charge in [-0.2, -0.15) is 0 Å². The summed E-state index contributed by atoms with van der Waals surface area (Å²) in [6, 6.07) is 45.1. The van der Waals surface area contributed by atoms with E-state index in [2.05, 4.69) is 142 Å². The van der Waals surface area contributed by atoms with Crippen LogP contribution < -0.4 is 0 Å². The SMILES string of the molecule is Brc1ccc2c(c1)C1(c3ccccc3-2)c2ccccc2-n2c3ccc4ccccc4c3c3cccc1c32. The Hall–Kier alpha value is -4.14. The number of fused-ring (bicyclic) bond motifs is 14.